The van der Waals surface area contributed by atoms with Crippen LogP contribution in [0.15, 0.2) is 17.5 Å². The number of Topliss-reactive ketones (excluding diaryl/α,β-unsaturated/α-hetero) is 1. The molecule has 36 heavy (non-hydrogen) atoms. The van der Waals surface area contributed by atoms with E-state index in [9.17, 15) is 9.90 Å². The number of aliphatic hydroxyl groups is 1. The molecular weight excluding hydrogens is 592 g/mol. The first-order valence-corrected chi connectivity index (χ1v) is 15.0. The molecule has 1 aromatic heterocycles. The second-order valence-corrected chi connectivity index (χ2v) is 12.9. The van der Waals surface area contributed by atoms with Gasteiger partial charge in [-0.15, -0.1) is 69.3 Å². The Morgan fingerprint density at radius 3 is 2.61 bits per heavy atom. The highest BCUT2D eigenvalue weighted by atomic mass is 35.5. The fraction of sp³-hybridized carbons (Fsp3) is 0.750. The van der Waals surface area contributed by atoms with Crippen molar-refractivity contribution in [2.75, 3.05) is 6.79 Å². The Bertz CT molecular complexity index is 891. The van der Waals surface area contributed by atoms with E-state index < -0.39 is 28.3 Å². The molecule has 2 aliphatic heterocycles. The smallest absolute Gasteiger partial charge is 0.178 e. The molecule has 0 spiro atoms. The molecule has 1 N–H and O–H groups in total. The number of carbonyl (C=O) groups excluding carboxylic acids is 1. The summed E-state index contributed by atoms with van der Waals surface area (Å²) in [5.41, 5.74) is 0.325. The first-order valence-electron chi connectivity index (χ1n) is 11.9. The van der Waals surface area contributed by atoms with Crippen LogP contribution in [0.1, 0.15) is 61.6 Å². The number of aliphatic hydroxyl groups excluding tert-OH is 1. The number of carbonyl (C=O) groups is 1. The van der Waals surface area contributed by atoms with Crippen LogP contribution in [-0.2, 0) is 14.2 Å². The molecule has 3 heterocycles. The fourth-order valence-electron chi connectivity index (χ4n) is 4.11. The van der Waals surface area contributed by atoms with Crippen molar-refractivity contribution >= 4 is 75.1 Å². The molecule has 2 aliphatic rings. The largest absolute Gasteiger partial charge is 0.383 e. The molecule has 6 nitrogen and oxygen atoms in total. The van der Waals surface area contributed by atoms with Gasteiger partial charge in [-0.3, -0.25) is 4.79 Å². The molecule has 0 saturated carbocycles. The molecule has 0 radical (unpaired) electrons. The number of alkyl halides is 5. The summed E-state index contributed by atoms with van der Waals surface area (Å²) in [7, 11) is 0. The van der Waals surface area contributed by atoms with E-state index in [-0.39, 0.29) is 47.6 Å². The monoisotopic (exact) mass is 621 g/mol. The molecule has 11 atom stereocenters. The van der Waals surface area contributed by atoms with Crippen molar-refractivity contribution in [3.8, 4) is 0 Å². The van der Waals surface area contributed by atoms with Crippen molar-refractivity contribution in [2.45, 2.75) is 97.4 Å². The molecule has 0 aliphatic carbocycles. The third-order valence-corrected chi connectivity index (χ3v) is 10.0. The maximum Gasteiger partial charge on any atom is 0.178 e. The van der Waals surface area contributed by atoms with Gasteiger partial charge in [-0.2, -0.15) is 0 Å². The van der Waals surface area contributed by atoms with Crippen molar-refractivity contribution in [2.24, 2.45) is 5.92 Å². The summed E-state index contributed by atoms with van der Waals surface area (Å²) in [5, 5.41) is 11.2. The predicted molar refractivity (Wildman–Crippen MR) is 146 cm³/mol. The van der Waals surface area contributed by atoms with Crippen LogP contribution in [-0.4, -0.2) is 74.0 Å². The van der Waals surface area contributed by atoms with Crippen LogP contribution in [0.25, 0.3) is 0 Å². The molecule has 204 valence electrons. The van der Waals surface area contributed by atoms with E-state index >= 15 is 0 Å². The van der Waals surface area contributed by atoms with Gasteiger partial charge in [0.25, 0.3) is 0 Å². The highest BCUT2D eigenvalue weighted by Crippen LogP contribution is 2.39. The number of aromatic nitrogens is 1. The molecule has 12 heteroatoms. The summed E-state index contributed by atoms with van der Waals surface area (Å²) < 4.78 is 17.2. The van der Waals surface area contributed by atoms with Gasteiger partial charge >= 0.3 is 0 Å². The summed E-state index contributed by atoms with van der Waals surface area (Å²) in [4.78, 5) is 15.8. The molecule has 0 aromatic carbocycles. The SMILES string of the molecule is CC[C@H](Cl)C[C@H](Cl)/C=C\[C@H]1O[C@@H]1[C@H](Cl)[C@H](Cl)[C@@H](Cl)C[C@H]1OCO[C@@H]([C@H](O)c2nc(C(C)=O)cs2)[C@H]1C. The molecule has 3 rings (SSSR count). The third-order valence-electron chi connectivity index (χ3n) is 6.51. The van der Waals surface area contributed by atoms with Crippen molar-refractivity contribution in [1.82, 2.24) is 4.98 Å². The lowest BCUT2D eigenvalue weighted by Crippen LogP contribution is -2.45. The van der Waals surface area contributed by atoms with E-state index in [4.69, 9.17) is 72.2 Å². The van der Waals surface area contributed by atoms with Gasteiger partial charge in [-0.05, 0) is 19.3 Å². The zero-order chi connectivity index (χ0) is 26.6. The maximum atomic E-state index is 11.6. The number of halogens is 5. The minimum atomic E-state index is -0.990. The number of ether oxygens (including phenoxy) is 3. The number of hydrogen-bond donors (Lipinski definition) is 1. The predicted octanol–water partition coefficient (Wildman–Crippen LogP) is 6.31. The molecule has 1 aromatic rings. The third kappa shape index (κ3) is 8.17. The molecule has 0 unspecified atom stereocenters. The number of nitrogens with zero attached hydrogens (tertiary/aromatic N) is 1. The van der Waals surface area contributed by atoms with Gasteiger partial charge in [0.1, 0.15) is 35.8 Å². The molecular formula is C24H32Cl5NO5S. The number of thiazole rings is 1. The Morgan fingerprint density at radius 1 is 1.25 bits per heavy atom. The molecule has 2 saturated heterocycles. The number of allylic oxidation sites excluding steroid dienone is 1. The van der Waals surface area contributed by atoms with Crippen LogP contribution in [0.3, 0.4) is 0 Å². The van der Waals surface area contributed by atoms with Crippen molar-refractivity contribution in [1.29, 1.82) is 0 Å². The van der Waals surface area contributed by atoms with E-state index in [1.165, 1.54) is 18.3 Å². The minimum absolute atomic E-state index is 0.00191. The summed E-state index contributed by atoms with van der Waals surface area (Å²) in [5.74, 6) is -0.364. The fourth-order valence-corrected chi connectivity index (χ4v) is 6.60. The van der Waals surface area contributed by atoms with Crippen LogP contribution < -0.4 is 0 Å². The lowest BCUT2D eigenvalue weighted by atomic mass is 9.89. The maximum absolute atomic E-state index is 11.6. The average Bonchev–Trinajstić information content (AvgIpc) is 3.45. The highest BCUT2D eigenvalue weighted by molar-refractivity contribution is 7.09. The van der Waals surface area contributed by atoms with Gasteiger partial charge in [0.2, 0.25) is 0 Å². The van der Waals surface area contributed by atoms with Gasteiger partial charge in [0.05, 0.1) is 33.7 Å². The van der Waals surface area contributed by atoms with Gasteiger partial charge in [-0.1, -0.05) is 26.0 Å². The van der Waals surface area contributed by atoms with E-state index in [1.807, 2.05) is 26.0 Å². The van der Waals surface area contributed by atoms with Crippen molar-refractivity contribution < 1.29 is 24.1 Å². The second-order valence-electron chi connectivity index (χ2n) is 9.23. The zero-order valence-electron chi connectivity index (χ0n) is 20.2. The Kier molecular flexibility index (Phi) is 12.1. The standard InChI is InChI=1S/C24H32Cl5NO5S/c1-4-13(25)7-14(26)5-6-17-23(35-17)20(29)19(28)15(27)8-18-11(2)22(34-10-33-18)21(32)24-30-16(9-36-24)12(3)31/h5-6,9,11,13-15,17-23,32H,4,7-8,10H2,1-3H3/b6-5-/t11-,13-,14+,15-,17+,18+,19+,20+,21-,22+,23-/m0/s1. The Hall–Kier alpha value is 0.330. The van der Waals surface area contributed by atoms with Crippen LogP contribution in [0, 0.1) is 5.92 Å². The number of ketones is 1. The number of epoxide rings is 1. The number of rotatable bonds is 13. The first-order chi connectivity index (χ1) is 17.0. The minimum Gasteiger partial charge on any atom is -0.383 e. The Balaban J connectivity index is 1.51. The molecule has 2 fully saturated rings. The van der Waals surface area contributed by atoms with E-state index in [0.29, 0.717) is 23.5 Å². The first kappa shape index (κ1) is 30.9. The van der Waals surface area contributed by atoms with Gasteiger partial charge in [0, 0.05) is 23.6 Å². The van der Waals surface area contributed by atoms with Crippen LogP contribution in [0.2, 0.25) is 0 Å². The Morgan fingerprint density at radius 2 is 1.97 bits per heavy atom. The van der Waals surface area contributed by atoms with E-state index in [0.717, 1.165) is 6.42 Å². The van der Waals surface area contributed by atoms with E-state index in [1.54, 1.807) is 5.38 Å². The lowest BCUT2D eigenvalue weighted by molar-refractivity contribution is -0.230. The quantitative estimate of drug-likeness (QED) is 0.120. The summed E-state index contributed by atoms with van der Waals surface area (Å²) in [6, 6.07) is 0. The lowest BCUT2D eigenvalue weighted by Gasteiger charge is -2.39. The Labute approximate surface area is 241 Å². The second kappa shape index (κ2) is 14.1. The van der Waals surface area contributed by atoms with Crippen molar-refractivity contribution in [3.05, 3.63) is 28.2 Å². The van der Waals surface area contributed by atoms with Crippen LogP contribution in [0.4, 0.5) is 0 Å². The summed E-state index contributed by atoms with van der Waals surface area (Å²) in [6.07, 6.45) is 3.45. The van der Waals surface area contributed by atoms with Gasteiger partial charge < -0.3 is 19.3 Å². The average molecular weight is 624 g/mol. The molecule has 0 amide bonds. The van der Waals surface area contributed by atoms with Gasteiger partial charge in [-0.25, -0.2) is 4.98 Å². The summed E-state index contributed by atoms with van der Waals surface area (Å²) in [6.45, 7) is 5.37. The number of hydrogen-bond acceptors (Lipinski definition) is 7. The van der Waals surface area contributed by atoms with E-state index in [2.05, 4.69) is 4.98 Å². The molecule has 0 bridgehead atoms. The van der Waals surface area contributed by atoms with Crippen LogP contribution in [0.5, 0.6) is 0 Å². The normalized spacial score (nSPS) is 31.5. The van der Waals surface area contributed by atoms with Gasteiger partial charge in [0.15, 0.2) is 5.78 Å². The highest BCUT2D eigenvalue weighted by Gasteiger charge is 2.48. The topological polar surface area (TPSA) is 81.2 Å². The van der Waals surface area contributed by atoms with Crippen molar-refractivity contribution in [3.63, 3.8) is 0 Å². The summed E-state index contributed by atoms with van der Waals surface area (Å²) >= 11 is 33.6. The zero-order valence-corrected chi connectivity index (χ0v) is 24.8. The van der Waals surface area contributed by atoms with Crippen LogP contribution >= 0.6 is 69.3 Å².